The van der Waals surface area contributed by atoms with Crippen molar-refractivity contribution in [1.29, 1.82) is 0 Å². The molecule has 0 saturated carbocycles. The second-order valence-corrected chi connectivity index (χ2v) is 5.65. The molecule has 6 heteroatoms. The van der Waals surface area contributed by atoms with Gasteiger partial charge in [0.2, 0.25) is 5.91 Å². The molecule has 2 aromatic carbocycles. The average Bonchev–Trinajstić information content (AvgIpc) is 2.70. The number of carbonyl (C=O) groups is 2. The van der Waals surface area contributed by atoms with Crippen LogP contribution in [-0.2, 0) is 9.53 Å². The van der Waals surface area contributed by atoms with E-state index in [0.29, 0.717) is 29.4 Å². The van der Waals surface area contributed by atoms with Crippen molar-refractivity contribution in [3.05, 3.63) is 59.7 Å². The lowest BCUT2D eigenvalue weighted by Crippen LogP contribution is -2.10. The van der Waals surface area contributed by atoms with E-state index in [9.17, 15) is 9.59 Å². The Balaban J connectivity index is 2.05. The number of anilines is 1. The van der Waals surface area contributed by atoms with Crippen LogP contribution in [0.1, 0.15) is 29.3 Å². The highest BCUT2D eigenvalue weighted by molar-refractivity contribution is 6.02. The molecule has 0 fully saturated rings. The van der Waals surface area contributed by atoms with Gasteiger partial charge in [-0.25, -0.2) is 4.79 Å². The number of benzene rings is 2. The van der Waals surface area contributed by atoms with Crippen molar-refractivity contribution < 1.29 is 23.8 Å². The zero-order chi connectivity index (χ0) is 19.6. The van der Waals surface area contributed by atoms with E-state index in [2.05, 4.69) is 5.32 Å². The number of amides is 1. The van der Waals surface area contributed by atoms with Gasteiger partial charge in [0.05, 0.1) is 26.4 Å². The van der Waals surface area contributed by atoms with E-state index in [1.807, 2.05) is 6.92 Å². The van der Waals surface area contributed by atoms with E-state index in [0.717, 1.165) is 12.0 Å². The summed E-state index contributed by atoms with van der Waals surface area (Å²) in [4.78, 5) is 24.1. The molecule has 2 aromatic rings. The van der Waals surface area contributed by atoms with Gasteiger partial charge in [0.25, 0.3) is 0 Å². The molecule has 27 heavy (non-hydrogen) atoms. The first-order valence-electron chi connectivity index (χ1n) is 8.55. The minimum atomic E-state index is -0.411. The third kappa shape index (κ3) is 5.88. The molecule has 0 aromatic heterocycles. The standard InChI is InChI=1S/C21H23NO5/c1-4-12-27-21(24)16-6-5-7-17(13-16)22-20(23)11-9-15-8-10-18(25-2)14-19(15)26-3/h5-11,13-14H,4,12H2,1-3H3,(H,22,23). The Labute approximate surface area is 158 Å². The average molecular weight is 369 g/mol. The molecule has 0 aliphatic heterocycles. The minimum absolute atomic E-state index is 0.327. The second-order valence-electron chi connectivity index (χ2n) is 5.65. The van der Waals surface area contributed by atoms with E-state index >= 15 is 0 Å². The SMILES string of the molecule is CCCOC(=O)c1cccc(NC(=O)C=Cc2ccc(OC)cc2OC)c1. The summed E-state index contributed by atoms with van der Waals surface area (Å²) in [6.07, 6.45) is 3.79. The third-order valence-electron chi connectivity index (χ3n) is 3.66. The topological polar surface area (TPSA) is 73.9 Å². The van der Waals surface area contributed by atoms with E-state index in [4.69, 9.17) is 14.2 Å². The van der Waals surface area contributed by atoms with Gasteiger partial charge in [-0.15, -0.1) is 0 Å². The lowest BCUT2D eigenvalue weighted by molar-refractivity contribution is -0.111. The van der Waals surface area contributed by atoms with Crippen molar-refractivity contribution in [2.24, 2.45) is 0 Å². The van der Waals surface area contributed by atoms with Crippen LogP contribution in [0.25, 0.3) is 6.08 Å². The molecule has 0 spiro atoms. The number of methoxy groups -OCH3 is 2. The van der Waals surface area contributed by atoms with Gasteiger partial charge >= 0.3 is 5.97 Å². The molecule has 0 bridgehead atoms. The van der Waals surface area contributed by atoms with Crippen LogP contribution in [0.3, 0.4) is 0 Å². The smallest absolute Gasteiger partial charge is 0.338 e. The number of carbonyl (C=O) groups excluding carboxylic acids is 2. The summed E-state index contributed by atoms with van der Waals surface area (Å²) in [6, 6.07) is 11.9. The maximum Gasteiger partial charge on any atom is 0.338 e. The summed E-state index contributed by atoms with van der Waals surface area (Å²) in [6.45, 7) is 2.29. The van der Waals surface area contributed by atoms with E-state index in [1.54, 1.807) is 62.8 Å². The number of hydrogen-bond acceptors (Lipinski definition) is 5. The number of rotatable bonds is 8. The van der Waals surface area contributed by atoms with Crippen LogP contribution < -0.4 is 14.8 Å². The monoisotopic (exact) mass is 369 g/mol. The van der Waals surface area contributed by atoms with Crippen LogP contribution in [0.2, 0.25) is 0 Å². The van der Waals surface area contributed by atoms with Gasteiger partial charge in [0, 0.05) is 23.4 Å². The Morgan fingerprint density at radius 2 is 1.89 bits per heavy atom. The molecule has 1 amide bonds. The Morgan fingerprint density at radius 3 is 2.59 bits per heavy atom. The molecule has 0 saturated heterocycles. The molecule has 142 valence electrons. The fourth-order valence-electron chi connectivity index (χ4n) is 2.31. The summed E-state index contributed by atoms with van der Waals surface area (Å²) in [5.74, 6) is 0.526. The molecule has 0 radical (unpaired) electrons. The number of hydrogen-bond donors (Lipinski definition) is 1. The van der Waals surface area contributed by atoms with Gasteiger partial charge in [-0.05, 0) is 42.8 Å². The molecule has 0 aliphatic rings. The van der Waals surface area contributed by atoms with Crippen LogP contribution in [0.4, 0.5) is 5.69 Å². The van der Waals surface area contributed by atoms with E-state index in [1.165, 1.54) is 6.08 Å². The number of ether oxygens (including phenoxy) is 3. The molecule has 1 N–H and O–H groups in total. The first-order chi connectivity index (χ1) is 13.1. The third-order valence-corrected chi connectivity index (χ3v) is 3.66. The summed E-state index contributed by atoms with van der Waals surface area (Å²) in [5, 5.41) is 2.72. The first kappa shape index (κ1) is 20.0. The van der Waals surface area contributed by atoms with Gasteiger partial charge in [0.15, 0.2) is 0 Å². The van der Waals surface area contributed by atoms with Crippen molar-refractivity contribution in [2.45, 2.75) is 13.3 Å². The number of nitrogens with one attached hydrogen (secondary N) is 1. The fraction of sp³-hybridized carbons (Fsp3) is 0.238. The van der Waals surface area contributed by atoms with Gasteiger partial charge < -0.3 is 19.5 Å². The lowest BCUT2D eigenvalue weighted by Gasteiger charge is -2.08. The van der Waals surface area contributed by atoms with Crippen LogP contribution in [-0.4, -0.2) is 32.7 Å². The van der Waals surface area contributed by atoms with Gasteiger partial charge in [-0.3, -0.25) is 4.79 Å². The van der Waals surface area contributed by atoms with Gasteiger partial charge in [0.1, 0.15) is 11.5 Å². The number of esters is 1. The summed E-state index contributed by atoms with van der Waals surface area (Å²) in [7, 11) is 3.12. The van der Waals surface area contributed by atoms with Crippen LogP contribution in [0.5, 0.6) is 11.5 Å². The lowest BCUT2D eigenvalue weighted by atomic mass is 10.1. The molecular weight excluding hydrogens is 346 g/mol. The Morgan fingerprint density at radius 1 is 1.07 bits per heavy atom. The molecule has 0 heterocycles. The van der Waals surface area contributed by atoms with Crippen molar-refractivity contribution in [2.75, 3.05) is 26.1 Å². The summed E-state index contributed by atoms with van der Waals surface area (Å²) < 4.78 is 15.5. The normalized spacial score (nSPS) is 10.5. The maximum atomic E-state index is 12.2. The zero-order valence-electron chi connectivity index (χ0n) is 15.7. The molecule has 0 aliphatic carbocycles. The molecule has 0 atom stereocenters. The van der Waals surface area contributed by atoms with Gasteiger partial charge in [-0.2, -0.15) is 0 Å². The predicted molar refractivity (Wildman–Crippen MR) is 104 cm³/mol. The largest absolute Gasteiger partial charge is 0.497 e. The van der Waals surface area contributed by atoms with Crippen molar-refractivity contribution in [3.63, 3.8) is 0 Å². The molecule has 6 nitrogen and oxygen atoms in total. The molecule has 0 unspecified atom stereocenters. The Hall–Kier alpha value is -3.28. The Kier molecular flexibility index (Phi) is 7.43. The zero-order valence-corrected chi connectivity index (χ0v) is 15.7. The molecule has 2 rings (SSSR count). The van der Waals surface area contributed by atoms with Crippen molar-refractivity contribution in [1.82, 2.24) is 0 Å². The van der Waals surface area contributed by atoms with Gasteiger partial charge in [-0.1, -0.05) is 13.0 Å². The Bertz CT molecular complexity index is 829. The predicted octanol–water partition coefficient (Wildman–Crippen LogP) is 3.92. The van der Waals surface area contributed by atoms with Crippen LogP contribution >= 0.6 is 0 Å². The van der Waals surface area contributed by atoms with Crippen molar-refractivity contribution >= 4 is 23.6 Å². The highest BCUT2D eigenvalue weighted by Crippen LogP contribution is 2.25. The van der Waals surface area contributed by atoms with E-state index in [-0.39, 0.29) is 5.91 Å². The minimum Gasteiger partial charge on any atom is -0.497 e. The second kappa shape index (κ2) is 10.0. The molecular formula is C21H23NO5. The summed E-state index contributed by atoms with van der Waals surface area (Å²) in [5.41, 5.74) is 1.64. The maximum absolute atomic E-state index is 12.2. The highest BCUT2D eigenvalue weighted by Gasteiger charge is 2.08. The van der Waals surface area contributed by atoms with Crippen molar-refractivity contribution in [3.8, 4) is 11.5 Å². The van der Waals surface area contributed by atoms with E-state index < -0.39 is 5.97 Å². The summed E-state index contributed by atoms with van der Waals surface area (Å²) >= 11 is 0. The first-order valence-corrected chi connectivity index (χ1v) is 8.55. The van der Waals surface area contributed by atoms with Crippen LogP contribution in [0.15, 0.2) is 48.5 Å². The highest BCUT2D eigenvalue weighted by atomic mass is 16.5. The quantitative estimate of drug-likeness (QED) is 0.564. The van der Waals surface area contributed by atoms with Crippen LogP contribution in [0, 0.1) is 0 Å². The fourth-order valence-corrected chi connectivity index (χ4v) is 2.31.